The molecule has 0 radical (unpaired) electrons. The van der Waals surface area contributed by atoms with Gasteiger partial charge in [-0.3, -0.25) is 5.10 Å². The molecule has 1 aliphatic rings. The Morgan fingerprint density at radius 3 is 3.05 bits per heavy atom. The number of nitrogens with zero attached hydrogens (tertiary/aromatic N) is 4. The van der Waals surface area contributed by atoms with Crippen LogP contribution in [0, 0.1) is 12.8 Å². The molecule has 1 fully saturated rings. The van der Waals surface area contributed by atoms with Crippen molar-refractivity contribution in [2.45, 2.75) is 26.3 Å². The molecule has 1 saturated heterocycles. The summed E-state index contributed by atoms with van der Waals surface area (Å²) in [6, 6.07) is 0.174. The van der Waals surface area contributed by atoms with E-state index in [4.69, 9.17) is 10.3 Å². The van der Waals surface area contributed by atoms with Gasteiger partial charge in [0.1, 0.15) is 5.76 Å². The van der Waals surface area contributed by atoms with Gasteiger partial charge in [0.25, 0.3) is 0 Å². The van der Waals surface area contributed by atoms with Crippen molar-refractivity contribution >= 4 is 5.95 Å². The average molecular weight is 262 g/mol. The van der Waals surface area contributed by atoms with Gasteiger partial charge in [-0.05, 0) is 19.3 Å². The zero-order chi connectivity index (χ0) is 13.4. The van der Waals surface area contributed by atoms with Gasteiger partial charge in [-0.25, -0.2) is 0 Å². The van der Waals surface area contributed by atoms with Crippen LogP contribution in [0.1, 0.15) is 19.1 Å². The van der Waals surface area contributed by atoms with Gasteiger partial charge in [0.05, 0.1) is 11.8 Å². The SMILES string of the molecule is Cc1oncc1-c1nc(N2CCC(C)C(N)C2)n[nH]1. The normalized spacial score (nSPS) is 23.8. The van der Waals surface area contributed by atoms with Crippen molar-refractivity contribution < 1.29 is 4.52 Å². The molecule has 7 nitrogen and oxygen atoms in total. The number of H-pyrrole nitrogens is 1. The molecule has 19 heavy (non-hydrogen) atoms. The summed E-state index contributed by atoms with van der Waals surface area (Å²) in [6.07, 6.45) is 2.71. The average Bonchev–Trinajstić information content (AvgIpc) is 3.01. The van der Waals surface area contributed by atoms with E-state index in [0.717, 1.165) is 30.8 Å². The van der Waals surface area contributed by atoms with Gasteiger partial charge in [-0.1, -0.05) is 12.1 Å². The number of aryl methyl sites for hydroxylation is 1. The van der Waals surface area contributed by atoms with Gasteiger partial charge in [0.15, 0.2) is 5.82 Å². The molecular weight excluding hydrogens is 244 g/mol. The lowest BCUT2D eigenvalue weighted by Gasteiger charge is -2.34. The minimum Gasteiger partial charge on any atom is -0.361 e. The molecule has 0 saturated carbocycles. The van der Waals surface area contributed by atoms with Crippen molar-refractivity contribution in [1.82, 2.24) is 20.3 Å². The van der Waals surface area contributed by atoms with E-state index in [9.17, 15) is 0 Å². The number of anilines is 1. The fourth-order valence-corrected chi connectivity index (χ4v) is 2.32. The third kappa shape index (κ3) is 2.21. The zero-order valence-corrected chi connectivity index (χ0v) is 11.1. The first-order chi connectivity index (χ1) is 9.15. The summed E-state index contributed by atoms with van der Waals surface area (Å²) in [5.74, 6) is 2.65. The molecule has 0 bridgehead atoms. The van der Waals surface area contributed by atoms with Crippen molar-refractivity contribution in [3.05, 3.63) is 12.0 Å². The van der Waals surface area contributed by atoms with Crippen molar-refractivity contribution in [2.24, 2.45) is 11.7 Å². The number of nitrogens with two attached hydrogens (primary N) is 1. The molecule has 2 aromatic rings. The van der Waals surface area contributed by atoms with Crippen LogP contribution in [0.15, 0.2) is 10.7 Å². The summed E-state index contributed by atoms with van der Waals surface area (Å²) < 4.78 is 5.03. The van der Waals surface area contributed by atoms with Crippen molar-refractivity contribution in [1.29, 1.82) is 0 Å². The maximum absolute atomic E-state index is 6.10. The number of nitrogens with one attached hydrogen (secondary N) is 1. The van der Waals surface area contributed by atoms with Crippen molar-refractivity contribution in [3.63, 3.8) is 0 Å². The first kappa shape index (κ1) is 12.2. The van der Waals surface area contributed by atoms with Crippen LogP contribution in [-0.4, -0.2) is 39.5 Å². The quantitative estimate of drug-likeness (QED) is 0.836. The van der Waals surface area contributed by atoms with Gasteiger partial charge in [0.2, 0.25) is 5.95 Å². The van der Waals surface area contributed by atoms with Crippen LogP contribution in [0.2, 0.25) is 0 Å². The molecule has 1 aliphatic heterocycles. The smallest absolute Gasteiger partial charge is 0.245 e. The van der Waals surface area contributed by atoms with Gasteiger partial charge < -0.3 is 15.2 Å². The van der Waals surface area contributed by atoms with Crippen LogP contribution in [0.4, 0.5) is 5.95 Å². The molecule has 3 rings (SSSR count). The topological polar surface area (TPSA) is 96.9 Å². The summed E-state index contributed by atoms with van der Waals surface area (Å²) in [7, 11) is 0. The maximum Gasteiger partial charge on any atom is 0.245 e. The molecule has 2 aromatic heterocycles. The standard InChI is InChI=1S/C12H18N6O/c1-7-3-4-18(6-10(7)13)12-15-11(16-17-12)9-5-14-19-8(9)2/h5,7,10H,3-4,6,13H2,1-2H3,(H,15,16,17). The lowest BCUT2D eigenvalue weighted by Crippen LogP contribution is -2.48. The second kappa shape index (κ2) is 4.65. The molecule has 102 valence electrons. The first-order valence-corrected chi connectivity index (χ1v) is 6.49. The second-order valence-corrected chi connectivity index (χ2v) is 5.16. The van der Waals surface area contributed by atoms with Crippen LogP contribution in [-0.2, 0) is 0 Å². The van der Waals surface area contributed by atoms with E-state index >= 15 is 0 Å². The van der Waals surface area contributed by atoms with Crippen LogP contribution >= 0.6 is 0 Å². The highest BCUT2D eigenvalue weighted by atomic mass is 16.5. The summed E-state index contributed by atoms with van der Waals surface area (Å²) in [4.78, 5) is 6.62. The number of aromatic nitrogens is 4. The number of piperidine rings is 1. The Kier molecular flexibility index (Phi) is 2.98. The van der Waals surface area contributed by atoms with Crippen LogP contribution in [0.3, 0.4) is 0 Å². The van der Waals surface area contributed by atoms with Gasteiger partial charge in [0, 0.05) is 19.1 Å². The summed E-state index contributed by atoms with van der Waals surface area (Å²) >= 11 is 0. The Balaban J connectivity index is 1.80. The van der Waals surface area contributed by atoms with E-state index in [1.165, 1.54) is 0 Å². The molecular formula is C12H18N6O. The van der Waals surface area contributed by atoms with Gasteiger partial charge in [-0.2, -0.15) is 4.98 Å². The fraction of sp³-hybridized carbons (Fsp3) is 0.583. The molecule has 3 N–H and O–H groups in total. The minimum atomic E-state index is 0.174. The van der Waals surface area contributed by atoms with Crippen LogP contribution in [0.5, 0.6) is 0 Å². The monoisotopic (exact) mass is 262 g/mol. The summed E-state index contributed by atoms with van der Waals surface area (Å²) in [6.45, 7) is 5.77. The second-order valence-electron chi connectivity index (χ2n) is 5.16. The summed E-state index contributed by atoms with van der Waals surface area (Å²) in [5, 5.41) is 10.9. The molecule has 7 heteroatoms. The number of hydrogen-bond acceptors (Lipinski definition) is 6. The Labute approximate surface area is 111 Å². The van der Waals surface area contributed by atoms with E-state index in [-0.39, 0.29) is 6.04 Å². The first-order valence-electron chi connectivity index (χ1n) is 6.49. The number of hydrogen-bond donors (Lipinski definition) is 2. The Bertz CT molecular complexity index is 562. The van der Waals surface area contributed by atoms with E-state index in [2.05, 4.69) is 32.2 Å². The van der Waals surface area contributed by atoms with Gasteiger partial charge >= 0.3 is 0 Å². The fourth-order valence-electron chi connectivity index (χ4n) is 2.32. The Morgan fingerprint density at radius 1 is 1.53 bits per heavy atom. The van der Waals surface area contributed by atoms with E-state index in [1.807, 2.05) is 6.92 Å². The van der Waals surface area contributed by atoms with E-state index in [0.29, 0.717) is 17.7 Å². The Morgan fingerprint density at radius 2 is 2.37 bits per heavy atom. The molecule has 0 aromatic carbocycles. The largest absolute Gasteiger partial charge is 0.361 e. The highest BCUT2D eigenvalue weighted by molar-refractivity contribution is 5.57. The highest BCUT2D eigenvalue weighted by Crippen LogP contribution is 2.23. The third-order valence-corrected chi connectivity index (χ3v) is 3.78. The Hall–Kier alpha value is -1.89. The van der Waals surface area contributed by atoms with Gasteiger partial charge in [-0.15, -0.1) is 5.10 Å². The molecule has 0 spiro atoms. The number of aromatic amines is 1. The highest BCUT2D eigenvalue weighted by Gasteiger charge is 2.25. The van der Waals surface area contributed by atoms with Crippen molar-refractivity contribution in [3.8, 4) is 11.4 Å². The predicted molar refractivity (Wildman–Crippen MR) is 70.6 cm³/mol. The maximum atomic E-state index is 6.10. The third-order valence-electron chi connectivity index (χ3n) is 3.78. The predicted octanol–water partition coefficient (Wildman–Crippen LogP) is 0.942. The zero-order valence-electron chi connectivity index (χ0n) is 11.1. The van der Waals surface area contributed by atoms with E-state index < -0.39 is 0 Å². The van der Waals surface area contributed by atoms with E-state index in [1.54, 1.807) is 6.20 Å². The molecule has 3 heterocycles. The molecule has 2 unspecified atom stereocenters. The molecule has 2 atom stereocenters. The van der Waals surface area contributed by atoms with Crippen LogP contribution < -0.4 is 10.6 Å². The molecule has 0 aliphatic carbocycles. The lowest BCUT2D eigenvalue weighted by molar-refractivity contribution is 0.376. The lowest BCUT2D eigenvalue weighted by atomic mass is 9.95. The van der Waals surface area contributed by atoms with Crippen LogP contribution in [0.25, 0.3) is 11.4 Å². The number of rotatable bonds is 2. The van der Waals surface area contributed by atoms with Crippen molar-refractivity contribution in [2.75, 3.05) is 18.0 Å². The minimum absolute atomic E-state index is 0.174. The molecule has 0 amide bonds. The summed E-state index contributed by atoms with van der Waals surface area (Å²) in [5.41, 5.74) is 6.94.